The quantitative estimate of drug-likeness (QED) is 0.474. The highest BCUT2D eigenvalue weighted by molar-refractivity contribution is 5.90. The van der Waals surface area contributed by atoms with Gasteiger partial charge in [0.05, 0.1) is 19.8 Å². The van der Waals surface area contributed by atoms with Crippen molar-refractivity contribution in [3.63, 3.8) is 0 Å². The predicted octanol–water partition coefficient (Wildman–Crippen LogP) is 2.32. The van der Waals surface area contributed by atoms with Crippen LogP contribution in [0.5, 0.6) is 0 Å². The van der Waals surface area contributed by atoms with E-state index in [4.69, 9.17) is 24.5 Å². The third-order valence-electron chi connectivity index (χ3n) is 6.24. The molecule has 3 aromatic rings. The van der Waals surface area contributed by atoms with E-state index >= 15 is 0 Å². The molecule has 10 heteroatoms. The average molecular weight is 453 g/mol. The minimum atomic E-state index is 0.378. The topological polar surface area (TPSA) is 102 Å². The van der Waals surface area contributed by atoms with Crippen molar-refractivity contribution in [3.05, 3.63) is 29.1 Å². The summed E-state index contributed by atoms with van der Waals surface area (Å²) < 4.78 is 13.0. The van der Waals surface area contributed by atoms with Gasteiger partial charge < -0.3 is 25.0 Å². The summed E-state index contributed by atoms with van der Waals surface area (Å²) in [5.74, 6) is 2.19. The van der Waals surface area contributed by atoms with Gasteiger partial charge in [0.25, 0.3) is 0 Å². The summed E-state index contributed by atoms with van der Waals surface area (Å²) in [4.78, 5) is 17.0. The van der Waals surface area contributed by atoms with Crippen molar-refractivity contribution in [3.8, 4) is 0 Å². The SMILES string of the molecule is CCOCCn1nc(COC)c2nc(N3C[C@@H]4C[C@H]3CN4)nc(Nc3cc(C)cc(C)n3)c21. The van der Waals surface area contributed by atoms with Crippen LogP contribution in [0.3, 0.4) is 0 Å². The summed E-state index contributed by atoms with van der Waals surface area (Å²) in [6.07, 6.45) is 1.13. The van der Waals surface area contributed by atoms with E-state index in [2.05, 4.69) is 33.5 Å². The fourth-order valence-corrected chi connectivity index (χ4v) is 4.87. The normalized spacial score (nSPS) is 19.7. The van der Waals surface area contributed by atoms with E-state index < -0.39 is 0 Å². The molecule has 0 aromatic carbocycles. The molecule has 5 rings (SSSR count). The number of fused-ring (bicyclic) bond motifs is 3. The second-order valence-corrected chi connectivity index (χ2v) is 8.81. The summed E-state index contributed by atoms with van der Waals surface area (Å²) >= 11 is 0. The van der Waals surface area contributed by atoms with Crippen molar-refractivity contribution in [2.24, 2.45) is 0 Å². The first kappa shape index (κ1) is 22.0. The van der Waals surface area contributed by atoms with Gasteiger partial charge in [-0.1, -0.05) is 0 Å². The molecular formula is C23H32N8O2. The van der Waals surface area contributed by atoms with Crippen LogP contribution in [0.1, 0.15) is 30.3 Å². The minimum Gasteiger partial charge on any atom is -0.380 e. The number of ether oxygens (including phenoxy) is 2. The fraction of sp³-hybridized carbons (Fsp3) is 0.565. The molecule has 0 spiro atoms. The van der Waals surface area contributed by atoms with Gasteiger partial charge in [-0.2, -0.15) is 10.1 Å². The maximum Gasteiger partial charge on any atom is 0.228 e. The van der Waals surface area contributed by atoms with E-state index in [0.717, 1.165) is 59.3 Å². The Bertz CT molecular complexity index is 1130. The molecule has 0 radical (unpaired) electrons. The van der Waals surface area contributed by atoms with Gasteiger partial charge in [-0.05, 0) is 44.9 Å². The average Bonchev–Trinajstić information content (AvgIpc) is 3.49. The minimum absolute atomic E-state index is 0.378. The number of piperazine rings is 1. The third kappa shape index (κ3) is 4.38. The van der Waals surface area contributed by atoms with E-state index in [-0.39, 0.29) is 0 Å². The Kier molecular flexibility index (Phi) is 6.13. The fourth-order valence-electron chi connectivity index (χ4n) is 4.87. The van der Waals surface area contributed by atoms with Crippen LogP contribution in [0.25, 0.3) is 11.0 Å². The van der Waals surface area contributed by atoms with Gasteiger partial charge in [-0.3, -0.25) is 4.68 Å². The highest BCUT2D eigenvalue weighted by atomic mass is 16.5. The largest absolute Gasteiger partial charge is 0.380 e. The molecule has 2 saturated heterocycles. The zero-order valence-corrected chi connectivity index (χ0v) is 19.8. The number of anilines is 3. The molecule has 2 aliphatic heterocycles. The summed E-state index contributed by atoms with van der Waals surface area (Å²) in [5, 5.41) is 11.8. The Morgan fingerprint density at radius 3 is 2.79 bits per heavy atom. The number of nitrogens with one attached hydrogen (secondary N) is 2. The molecule has 33 heavy (non-hydrogen) atoms. The molecule has 10 nitrogen and oxygen atoms in total. The third-order valence-corrected chi connectivity index (χ3v) is 6.24. The summed E-state index contributed by atoms with van der Waals surface area (Å²) in [7, 11) is 1.68. The number of rotatable bonds is 9. The lowest BCUT2D eigenvalue weighted by Crippen LogP contribution is -2.44. The standard InChI is InChI=1S/C23H32N8O2/c1-5-33-7-6-31-21-20(18(29-31)13-32-4)27-23(30-12-16-10-17(30)11-24-16)28-22(21)26-19-9-14(2)8-15(3)25-19/h8-9,16-17,24H,5-7,10-13H2,1-4H3,(H,25,26,27,28)/t16-,17-/m0/s1. The van der Waals surface area contributed by atoms with Crippen LogP contribution in [0.2, 0.25) is 0 Å². The maximum atomic E-state index is 5.60. The van der Waals surface area contributed by atoms with Crippen molar-refractivity contribution in [1.82, 2.24) is 30.0 Å². The molecule has 0 aliphatic carbocycles. The van der Waals surface area contributed by atoms with Crippen LogP contribution in [0.15, 0.2) is 12.1 Å². The highest BCUT2D eigenvalue weighted by Gasteiger charge is 2.39. The first-order valence-corrected chi connectivity index (χ1v) is 11.6. The van der Waals surface area contributed by atoms with E-state index in [1.807, 2.05) is 24.6 Å². The van der Waals surface area contributed by atoms with Gasteiger partial charge in [-0.15, -0.1) is 0 Å². The number of pyridine rings is 1. The molecular weight excluding hydrogens is 420 g/mol. The molecule has 3 aromatic heterocycles. The maximum absolute atomic E-state index is 5.60. The Morgan fingerprint density at radius 2 is 2.09 bits per heavy atom. The number of hydrogen-bond acceptors (Lipinski definition) is 9. The number of methoxy groups -OCH3 is 1. The van der Waals surface area contributed by atoms with Crippen LogP contribution in [0, 0.1) is 13.8 Å². The second-order valence-electron chi connectivity index (χ2n) is 8.81. The summed E-state index contributed by atoms with van der Waals surface area (Å²) in [6, 6.07) is 5.00. The number of hydrogen-bond donors (Lipinski definition) is 2. The van der Waals surface area contributed by atoms with Gasteiger partial charge in [0, 0.05) is 44.6 Å². The lowest BCUT2D eigenvalue weighted by Gasteiger charge is -2.27. The lowest BCUT2D eigenvalue weighted by molar-refractivity contribution is 0.136. The smallest absolute Gasteiger partial charge is 0.228 e. The zero-order chi connectivity index (χ0) is 22.9. The Balaban J connectivity index is 1.63. The highest BCUT2D eigenvalue weighted by Crippen LogP contribution is 2.33. The summed E-state index contributed by atoms with van der Waals surface area (Å²) in [5.41, 5.74) is 4.54. The molecule has 2 fully saturated rings. The van der Waals surface area contributed by atoms with Crippen molar-refractivity contribution in [1.29, 1.82) is 0 Å². The molecule has 2 N–H and O–H groups in total. The van der Waals surface area contributed by atoms with E-state index in [1.165, 1.54) is 0 Å². The van der Waals surface area contributed by atoms with Crippen LogP contribution in [0.4, 0.5) is 17.6 Å². The predicted molar refractivity (Wildman–Crippen MR) is 127 cm³/mol. The van der Waals surface area contributed by atoms with Crippen LogP contribution < -0.4 is 15.5 Å². The zero-order valence-electron chi connectivity index (χ0n) is 19.8. The van der Waals surface area contributed by atoms with Crippen molar-refractivity contribution in [2.45, 2.75) is 52.4 Å². The van der Waals surface area contributed by atoms with Gasteiger partial charge in [0.15, 0.2) is 5.82 Å². The first-order valence-electron chi connectivity index (χ1n) is 11.6. The molecule has 0 amide bonds. The van der Waals surface area contributed by atoms with Gasteiger partial charge >= 0.3 is 0 Å². The van der Waals surface area contributed by atoms with E-state index in [9.17, 15) is 0 Å². The molecule has 5 heterocycles. The Labute approximate surface area is 193 Å². The molecule has 176 valence electrons. The number of aryl methyl sites for hydroxylation is 2. The van der Waals surface area contributed by atoms with Crippen LogP contribution in [-0.2, 0) is 22.6 Å². The number of nitrogens with zero attached hydrogens (tertiary/aromatic N) is 6. The molecule has 2 aliphatic rings. The lowest BCUT2D eigenvalue weighted by atomic mass is 10.2. The van der Waals surface area contributed by atoms with Crippen molar-refractivity contribution >= 4 is 28.6 Å². The molecule has 2 bridgehead atoms. The molecule has 0 saturated carbocycles. The van der Waals surface area contributed by atoms with Crippen molar-refractivity contribution in [2.75, 3.05) is 43.6 Å². The van der Waals surface area contributed by atoms with Gasteiger partial charge in [0.1, 0.15) is 22.5 Å². The number of aromatic nitrogens is 5. The molecule has 0 unspecified atom stereocenters. The van der Waals surface area contributed by atoms with E-state index in [0.29, 0.717) is 44.3 Å². The second kappa shape index (κ2) is 9.20. The van der Waals surface area contributed by atoms with Gasteiger partial charge in [-0.25, -0.2) is 9.97 Å². The first-order chi connectivity index (χ1) is 16.1. The van der Waals surface area contributed by atoms with Crippen LogP contribution in [-0.4, -0.2) is 70.2 Å². The Hall–Kier alpha value is -2.82. The van der Waals surface area contributed by atoms with Crippen molar-refractivity contribution < 1.29 is 9.47 Å². The van der Waals surface area contributed by atoms with Crippen LogP contribution >= 0.6 is 0 Å². The Morgan fingerprint density at radius 1 is 1.21 bits per heavy atom. The molecule has 2 atom stereocenters. The summed E-state index contributed by atoms with van der Waals surface area (Å²) in [6.45, 7) is 10.1. The van der Waals surface area contributed by atoms with Gasteiger partial charge in [0.2, 0.25) is 5.95 Å². The van der Waals surface area contributed by atoms with E-state index in [1.54, 1.807) is 7.11 Å². The monoisotopic (exact) mass is 452 g/mol.